The van der Waals surface area contributed by atoms with Crippen LogP contribution in [0.3, 0.4) is 0 Å². The van der Waals surface area contributed by atoms with E-state index >= 15 is 0 Å². The van der Waals surface area contributed by atoms with Crippen LogP contribution < -0.4 is 54.0 Å². The highest BCUT2D eigenvalue weighted by Crippen LogP contribution is 2.25. The number of primary amides is 2. The molecule has 0 aromatic heterocycles. The quantitative estimate of drug-likeness (QED) is 0.0202. The van der Waals surface area contributed by atoms with Crippen molar-refractivity contribution in [3.8, 4) is 5.75 Å². The average molecular weight is 1380 g/mol. The molecule has 2 aliphatic rings. The number of phenolic OH excluding ortho intramolecular Hbond substituents is 1. The molecule has 3 rings (SSSR count). The molecule has 0 spiro atoms. The Kier molecular flexibility index (Phi) is 35.4. The van der Waals surface area contributed by atoms with Crippen molar-refractivity contribution in [1.82, 2.24) is 47.4 Å². The molecule has 11 unspecified atom stereocenters. The largest absolute Gasteiger partial charge is 0.508 e. The molecule has 21 N–H and O–H groups in total. The van der Waals surface area contributed by atoms with E-state index < -0.39 is 232 Å². The number of benzene rings is 1. The van der Waals surface area contributed by atoms with Crippen LogP contribution in [0.15, 0.2) is 36.0 Å². The van der Waals surface area contributed by atoms with Gasteiger partial charge in [0.15, 0.2) is 12.4 Å². The molecule has 0 saturated carbocycles. The number of amides is 11. The molecule has 11 amide bonds. The van der Waals surface area contributed by atoms with E-state index in [4.69, 9.17) is 25.7 Å². The minimum Gasteiger partial charge on any atom is -0.508 e. The molecule has 0 radical (unpaired) electrons. The summed E-state index contributed by atoms with van der Waals surface area (Å²) < 4.78 is 17.0. The summed E-state index contributed by atoms with van der Waals surface area (Å²) in [4.78, 5) is 168. The summed E-state index contributed by atoms with van der Waals surface area (Å²) in [7, 11) is 0.982. The number of allylic oxidation sites excluding steroid dienone is 1. The Morgan fingerprint density at radius 1 is 0.732 bits per heavy atom. The lowest BCUT2D eigenvalue weighted by Gasteiger charge is -2.42. The summed E-state index contributed by atoms with van der Waals surface area (Å²) in [6.07, 6.45) is -14.6. The number of aromatic hydroxyl groups is 1. The van der Waals surface area contributed by atoms with Gasteiger partial charge in [0.05, 0.1) is 37.6 Å². The Bertz CT molecular complexity index is 2850. The summed E-state index contributed by atoms with van der Waals surface area (Å²) in [6, 6.07) is -8.97. The third-order valence-electron chi connectivity index (χ3n) is 16.2. The first-order valence-corrected chi connectivity index (χ1v) is 32.2. The van der Waals surface area contributed by atoms with Gasteiger partial charge in [0, 0.05) is 26.3 Å². The number of ether oxygens (including phenoxy) is 3. The second kappa shape index (κ2) is 41.3. The third-order valence-corrected chi connectivity index (χ3v) is 16.2. The van der Waals surface area contributed by atoms with Crippen molar-refractivity contribution in [2.45, 2.75) is 247 Å². The van der Waals surface area contributed by atoms with Crippen molar-refractivity contribution < 1.29 is 118 Å². The molecule has 1 aromatic rings. The van der Waals surface area contributed by atoms with Gasteiger partial charge in [-0.2, -0.15) is 0 Å². The first-order valence-electron chi connectivity index (χ1n) is 32.2. The lowest BCUT2D eigenvalue weighted by Crippen LogP contribution is -2.64. The molecule has 2 fully saturated rings. The second-order valence-corrected chi connectivity index (χ2v) is 24.1. The molecule has 97 heavy (non-hydrogen) atoms. The van der Waals surface area contributed by atoms with Gasteiger partial charge < -0.3 is 119 Å². The Morgan fingerprint density at radius 2 is 1.31 bits per heavy atom. The van der Waals surface area contributed by atoms with Crippen LogP contribution in [0.4, 0.5) is 0 Å². The highest BCUT2D eigenvalue weighted by Gasteiger charge is 2.47. The Morgan fingerprint density at radius 3 is 1.87 bits per heavy atom. The maximum atomic E-state index is 14.8. The fourth-order valence-corrected chi connectivity index (χ4v) is 10.4. The van der Waals surface area contributed by atoms with Crippen molar-refractivity contribution in [3.63, 3.8) is 0 Å². The van der Waals surface area contributed by atoms with Crippen molar-refractivity contribution in [2.24, 2.45) is 11.5 Å². The second-order valence-electron chi connectivity index (χ2n) is 24.1. The SMILES string of the molecule is C/C=C1\NC(=O)[C@@H](Cc2ccc(O)cc2)NC(=O)C(C(C)O)NC(=O)C(NC(=O)C(NC(=O)C(O)C(O)CCCCCCCCCCC)C(C)O)C(C)OC(=O)[C@H](CCC(N)=O)NC(=O)C(C(C)OC2O[C@@H](CO)[C@H](O)[C@@H](O)[C@H]2O)N(C)C(=O)CNC(=O)[C@@H](CCC(N)=O)NC1=O. The van der Waals surface area contributed by atoms with Gasteiger partial charge in [-0.1, -0.05) is 82.9 Å². The van der Waals surface area contributed by atoms with Crippen LogP contribution in [0.25, 0.3) is 0 Å². The number of aliphatic hydroxyl groups is 8. The number of nitrogens with one attached hydrogen (secondary N) is 8. The zero-order valence-corrected chi connectivity index (χ0v) is 55.6. The van der Waals surface area contributed by atoms with Gasteiger partial charge in [0.1, 0.15) is 84.3 Å². The zero-order chi connectivity index (χ0) is 73.0. The molecular weight excluding hydrogens is 1280 g/mol. The summed E-state index contributed by atoms with van der Waals surface area (Å²) in [6.45, 7) is 5.52. The predicted molar refractivity (Wildman–Crippen MR) is 339 cm³/mol. The van der Waals surface area contributed by atoms with E-state index in [9.17, 15) is 103 Å². The van der Waals surface area contributed by atoms with Gasteiger partial charge in [-0.25, -0.2) is 4.79 Å². The molecule has 0 bridgehead atoms. The van der Waals surface area contributed by atoms with Gasteiger partial charge >= 0.3 is 5.97 Å². The summed E-state index contributed by atoms with van der Waals surface area (Å²) in [5, 5.41) is 114. The summed E-state index contributed by atoms with van der Waals surface area (Å²) in [5.41, 5.74) is 10.5. The molecule has 35 nitrogen and oxygen atoms in total. The predicted octanol–water partition coefficient (Wildman–Crippen LogP) is -6.11. The van der Waals surface area contributed by atoms with Gasteiger partial charge in [0.2, 0.25) is 53.2 Å². The number of aliphatic hydroxyl groups excluding tert-OH is 8. The van der Waals surface area contributed by atoms with Crippen LogP contribution in [0, 0.1) is 0 Å². The molecule has 2 heterocycles. The monoisotopic (exact) mass is 1380 g/mol. The van der Waals surface area contributed by atoms with Crippen molar-refractivity contribution in [1.29, 1.82) is 0 Å². The number of likely N-dealkylation sites (N-methyl/N-ethyl adjacent to an activating group) is 1. The van der Waals surface area contributed by atoms with Gasteiger partial charge in [-0.3, -0.25) is 52.7 Å². The Hall–Kier alpha value is -8.00. The minimum absolute atomic E-state index is 0.0402. The van der Waals surface area contributed by atoms with Crippen LogP contribution in [-0.2, 0) is 78.2 Å². The number of carbonyl (C=O) groups is 12. The van der Waals surface area contributed by atoms with E-state index in [1.165, 1.54) is 31.2 Å². The third kappa shape index (κ3) is 26.7. The van der Waals surface area contributed by atoms with E-state index in [0.717, 1.165) is 85.8 Å². The summed E-state index contributed by atoms with van der Waals surface area (Å²) in [5.74, 6) is -15.4. The normalized spacial score (nSPS) is 27.1. The lowest BCUT2D eigenvalue weighted by molar-refractivity contribution is -0.312. The van der Waals surface area contributed by atoms with Gasteiger partial charge in [-0.15, -0.1) is 0 Å². The van der Waals surface area contributed by atoms with Gasteiger partial charge in [-0.05, 0) is 71.6 Å². The number of carbonyl (C=O) groups excluding carboxylic acids is 12. The van der Waals surface area contributed by atoms with E-state index in [0.29, 0.717) is 17.7 Å². The van der Waals surface area contributed by atoms with E-state index in [-0.39, 0.29) is 17.7 Å². The van der Waals surface area contributed by atoms with Crippen molar-refractivity contribution >= 4 is 70.9 Å². The molecule has 2 saturated heterocycles. The smallest absolute Gasteiger partial charge is 0.329 e. The highest BCUT2D eigenvalue weighted by atomic mass is 16.7. The molecule has 18 atom stereocenters. The molecular formula is C62H99N11O24. The number of hydrogen-bond acceptors (Lipinski definition) is 24. The van der Waals surface area contributed by atoms with E-state index in [1.807, 2.05) is 0 Å². The molecule has 546 valence electrons. The number of cyclic esters (lactones) is 1. The maximum Gasteiger partial charge on any atom is 0.329 e. The number of esters is 1. The lowest BCUT2D eigenvalue weighted by atomic mass is 9.99. The molecule has 1 aromatic carbocycles. The molecule has 0 aliphatic carbocycles. The fraction of sp³-hybridized carbons (Fsp3) is 0.677. The van der Waals surface area contributed by atoms with Crippen molar-refractivity contribution in [3.05, 3.63) is 41.6 Å². The summed E-state index contributed by atoms with van der Waals surface area (Å²) >= 11 is 0. The van der Waals surface area contributed by atoms with E-state index in [1.54, 1.807) is 0 Å². The average Bonchev–Trinajstić information content (AvgIpc) is 1.25. The number of nitrogens with two attached hydrogens (primary N) is 2. The maximum absolute atomic E-state index is 14.8. The van der Waals surface area contributed by atoms with Crippen LogP contribution in [0.5, 0.6) is 5.75 Å². The number of unbranched alkanes of at least 4 members (excludes halogenated alkanes) is 8. The minimum atomic E-state index is -2.30. The van der Waals surface area contributed by atoms with Crippen LogP contribution in [0.2, 0.25) is 0 Å². The van der Waals surface area contributed by atoms with Gasteiger partial charge in [0.25, 0.3) is 11.8 Å². The van der Waals surface area contributed by atoms with Crippen molar-refractivity contribution in [2.75, 3.05) is 20.2 Å². The Balaban J connectivity index is 2.26. The van der Waals surface area contributed by atoms with Crippen LogP contribution in [-0.4, -0.2) is 252 Å². The number of rotatable bonds is 29. The number of phenols is 1. The van der Waals surface area contributed by atoms with E-state index in [2.05, 4.69) is 49.5 Å². The number of nitrogens with zero attached hydrogens (tertiary/aromatic N) is 1. The molecule has 2 aliphatic heterocycles. The standard InChI is InChI=1S/C62H99N11O24/c1-8-10-11-12-13-14-15-16-17-18-40(78)49(82)60(93)71-46(31(4)76)57(90)72-47-32(5)95-61(94)38(24-26-43(64)80)68-59(92)48(33(6)96-62-52(85)51(84)50(83)41(29-74)97-62)73(7)44(81)28-65-53(86)37(23-25-42(63)79)67-54(87)36(9-2)66-55(88)39(27-34-19-21-35(77)22-20-34)69-56(89)45(30(3)75)70-58(47)91/h9,19-22,30-33,37-41,45-52,62,74-78,82-85H,8,10-18,23-29H2,1-7H3,(H2,63,79)(H2,64,80)(H,65,86)(H,66,88)(H,67,87)(H,68,92)(H,69,89)(H,70,91)(H,71,93)(H,72,90)/b36-9-/t30?,31?,32?,33?,37-,38+,39-,40?,41+,45?,46?,47?,48?,49?,50+,51-,52-,62?/m1/s1. The van der Waals surface area contributed by atoms with Crippen LogP contribution >= 0.6 is 0 Å². The highest BCUT2D eigenvalue weighted by molar-refractivity contribution is 6.02. The number of hydrogen-bond donors (Lipinski definition) is 19. The zero-order valence-electron chi connectivity index (χ0n) is 55.6. The first-order chi connectivity index (χ1) is 45.7. The topological polar surface area (TPSA) is 566 Å². The molecule has 35 heteroatoms. The fourth-order valence-electron chi connectivity index (χ4n) is 10.4. The van der Waals surface area contributed by atoms with Crippen LogP contribution in [0.1, 0.15) is 137 Å². The Labute approximate surface area is 560 Å². The first kappa shape index (κ1) is 83.2.